The fourth-order valence-corrected chi connectivity index (χ4v) is 3.61. The van der Waals surface area contributed by atoms with Crippen molar-refractivity contribution in [2.75, 3.05) is 26.4 Å². The average Bonchev–Trinajstić information content (AvgIpc) is 2.97. The van der Waals surface area contributed by atoms with Gasteiger partial charge in [-0.1, -0.05) is 0 Å². The van der Waals surface area contributed by atoms with E-state index in [1.807, 2.05) is 15.6 Å². The lowest BCUT2D eigenvalue weighted by atomic mass is 10.0. The predicted octanol–water partition coefficient (Wildman–Crippen LogP) is 0.849. The summed E-state index contributed by atoms with van der Waals surface area (Å²) in [4.78, 5) is 14.8. The van der Waals surface area contributed by atoms with Crippen LogP contribution in [0.3, 0.4) is 0 Å². The van der Waals surface area contributed by atoms with E-state index in [9.17, 15) is 4.79 Å². The molecule has 0 radical (unpaired) electrons. The van der Waals surface area contributed by atoms with Crippen LogP contribution in [0.5, 0.6) is 0 Å². The van der Waals surface area contributed by atoms with Gasteiger partial charge in [-0.25, -0.2) is 0 Å². The molecule has 3 aliphatic rings. The van der Waals surface area contributed by atoms with Crippen molar-refractivity contribution in [1.29, 1.82) is 0 Å². The SMILES string of the molecule is O=C(c1cc2n(n1)CCCC2)N1CCO[C@@H]2COCC[C@@H]21. The number of aryl methyl sites for hydroxylation is 2. The number of amides is 1. The van der Waals surface area contributed by atoms with E-state index in [1.165, 1.54) is 12.1 Å². The van der Waals surface area contributed by atoms with Crippen molar-refractivity contribution in [2.24, 2.45) is 0 Å². The highest BCUT2D eigenvalue weighted by Crippen LogP contribution is 2.24. The Morgan fingerprint density at radius 2 is 2.24 bits per heavy atom. The number of fused-ring (bicyclic) bond motifs is 2. The lowest BCUT2D eigenvalue weighted by Gasteiger charge is -2.43. The third kappa shape index (κ3) is 2.36. The van der Waals surface area contributed by atoms with Crippen molar-refractivity contribution in [3.63, 3.8) is 0 Å². The van der Waals surface area contributed by atoms with Crippen LogP contribution in [0.25, 0.3) is 0 Å². The highest BCUT2D eigenvalue weighted by atomic mass is 16.5. The lowest BCUT2D eigenvalue weighted by Crippen LogP contribution is -2.57. The molecule has 6 heteroatoms. The average molecular weight is 291 g/mol. The van der Waals surface area contributed by atoms with E-state index in [-0.39, 0.29) is 18.1 Å². The topological polar surface area (TPSA) is 56.6 Å². The summed E-state index contributed by atoms with van der Waals surface area (Å²) < 4.78 is 13.2. The van der Waals surface area contributed by atoms with E-state index in [0.29, 0.717) is 32.1 Å². The Bertz CT molecular complexity index is 517. The molecule has 2 fully saturated rings. The summed E-state index contributed by atoms with van der Waals surface area (Å²) in [6.07, 6.45) is 4.25. The van der Waals surface area contributed by atoms with Gasteiger partial charge in [0.25, 0.3) is 5.91 Å². The summed E-state index contributed by atoms with van der Waals surface area (Å²) in [5.41, 5.74) is 1.79. The Kier molecular flexibility index (Phi) is 3.43. The van der Waals surface area contributed by atoms with E-state index in [0.717, 1.165) is 25.8 Å². The molecule has 0 aliphatic carbocycles. The third-order valence-corrected chi connectivity index (χ3v) is 4.73. The molecule has 0 spiro atoms. The number of morpholine rings is 1. The number of carbonyl (C=O) groups excluding carboxylic acids is 1. The molecule has 6 nitrogen and oxygen atoms in total. The quantitative estimate of drug-likeness (QED) is 0.770. The van der Waals surface area contributed by atoms with Crippen LogP contribution in [0.15, 0.2) is 6.07 Å². The maximum atomic E-state index is 12.8. The fourth-order valence-electron chi connectivity index (χ4n) is 3.61. The van der Waals surface area contributed by atoms with E-state index >= 15 is 0 Å². The monoisotopic (exact) mass is 291 g/mol. The number of hydrogen-bond donors (Lipinski definition) is 0. The Labute approximate surface area is 124 Å². The Balaban J connectivity index is 1.57. The lowest BCUT2D eigenvalue weighted by molar-refractivity contribution is -0.124. The molecule has 3 aliphatic heterocycles. The standard InChI is InChI=1S/C15H21N3O3/c19-15(12-9-11-3-1-2-5-18(11)16-12)17-6-8-21-14-10-20-7-4-13(14)17/h9,13-14H,1-8,10H2/t13-,14+/m0/s1. The van der Waals surface area contributed by atoms with Gasteiger partial charge in [0.1, 0.15) is 6.10 Å². The van der Waals surface area contributed by atoms with E-state index in [4.69, 9.17) is 9.47 Å². The van der Waals surface area contributed by atoms with Crippen LogP contribution in [0.1, 0.15) is 35.4 Å². The minimum Gasteiger partial charge on any atom is -0.379 e. The summed E-state index contributed by atoms with van der Waals surface area (Å²) in [6, 6.07) is 2.12. The highest BCUT2D eigenvalue weighted by Gasteiger charge is 2.38. The minimum absolute atomic E-state index is 0.0219. The Hall–Kier alpha value is -1.40. The van der Waals surface area contributed by atoms with Crippen LogP contribution in [0.4, 0.5) is 0 Å². The van der Waals surface area contributed by atoms with Crippen molar-refractivity contribution >= 4 is 5.91 Å². The maximum Gasteiger partial charge on any atom is 0.274 e. The van der Waals surface area contributed by atoms with Gasteiger partial charge in [-0.15, -0.1) is 0 Å². The molecule has 2 saturated heterocycles. The van der Waals surface area contributed by atoms with Gasteiger partial charge < -0.3 is 14.4 Å². The van der Waals surface area contributed by atoms with E-state index in [2.05, 4.69) is 5.10 Å². The summed E-state index contributed by atoms with van der Waals surface area (Å²) in [7, 11) is 0. The summed E-state index contributed by atoms with van der Waals surface area (Å²) in [6.45, 7) is 3.47. The van der Waals surface area contributed by atoms with Crippen molar-refractivity contribution in [1.82, 2.24) is 14.7 Å². The van der Waals surface area contributed by atoms with Gasteiger partial charge in [-0.2, -0.15) is 5.10 Å². The van der Waals surface area contributed by atoms with Gasteiger partial charge in [0.15, 0.2) is 5.69 Å². The molecule has 114 valence electrons. The molecule has 0 unspecified atom stereocenters. The molecule has 0 N–H and O–H groups in total. The van der Waals surface area contributed by atoms with Crippen molar-refractivity contribution in [3.8, 4) is 0 Å². The molecule has 4 rings (SSSR count). The zero-order valence-electron chi connectivity index (χ0n) is 12.2. The van der Waals surface area contributed by atoms with Crippen LogP contribution in [0.2, 0.25) is 0 Å². The zero-order valence-corrected chi connectivity index (χ0v) is 12.2. The molecule has 0 aromatic carbocycles. The van der Waals surface area contributed by atoms with Crippen LogP contribution < -0.4 is 0 Å². The molecule has 21 heavy (non-hydrogen) atoms. The van der Waals surface area contributed by atoms with Gasteiger partial charge in [-0.05, 0) is 31.7 Å². The van der Waals surface area contributed by atoms with Gasteiger partial charge >= 0.3 is 0 Å². The molecule has 0 saturated carbocycles. The predicted molar refractivity (Wildman–Crippen MR) is 75.2 cm³/mol. The molecule has 1 amide bonds. The molecule has 0 bridgehead atoms. The maximum absolute atomic E-state index is 12.8. The summed E-state index contributed by atoms with van der Waals surface area (Å²) in [5.74, 6) is 0.0529. The zero-order chi connectivity index (χ0) is 14.2. The first-order valence-corrected chi connectivity index (χ1v) is 7.90. The number of hydrogen-bond acceptors (Lipinski definition) is 4. The van der Waals surface area contributed by atoms with E-state index < -0.39 is 0 Å². The first-order chi connectivity index (χ1) is 10.3. The second-order valence-electron chi connectivity index (χ2n) is 6.04. The van der Waals surface area contributed by atoms with Crippen LogP contribution in [-0.4, -0.2) is 59.1 Å². The number of nitrogens with zero attached hydrogens (tertiary/aromatic N) is 3. The Morgan fingerprint density at radius 3 is 3.14 bits per heavy atom. The van der Waals surface area contributed by atoms with Gasteiger partial charge in [0.05, 0.1) is 19.3 Å². The van der Waals surface area contributed by atoms with Crippen LogP contribution in [0, 0.1) is 0 Å². The molecular formula is C15H21N3O3. The van der Waals surface area contributed by atoms with Gasteiger partial charge in [0, 0.05) is 25.4 Å². The Morgan fingerprint density at radius 1 is 1.29 bits per heavy atom. The number of ether oxygens (including phenoxy) is 2. The summed E-state index contributed by atoms with van der Waals surface area (Å²) >= 11 is 0. The molecule has 2 atom stereocenters. The van der Waals surface area contributed by atoms with Crippen molar-refractivity contribution in [2.45, 2.75) is 44.4 Å². The highest BCUT2D eigenvalue weighted by molar-refractivity contribution is 5.92. The third-order valence-electron chi connectivity index (χ3n) is 4.73. The molecule has 4 heterocycles. The second-order valence-corrected chi connectivity index (χ2v) is 6.04. The van der Waals surface area contributed by atoms with E-state index in [1.54, 1.807) is 0 Å². The summed E-state index contributed by atoms with van der Waals surface area (Å²) in [5, 5.41) is 4.52. The molecule has 1 aromatic heterocycles. The van der Waals surface area contributed by atoms with Gasteiger partial charge in [-0.3, -0.25) is 9.48 Å². The second kappa shape index (κ2) is 5.42. The smallest absolute Gasteiger partial charge is 0.274 e. The first-order valence-electron chi connectivity index (χ1n) is 7.90. The van der Waals surface area contributed by atoms with Crippen LogP contribution >= 0.6 is 0 Å². The van der Waals surface area contributed by atoms with Crippen LogP contribution in [-0.2, 0) is 22.4 Å². The van der Waals surface area contributed by atoms with Gasteiger partial charge in [0.2, 0.25) is 0 Å². The first kappa shape index (κ1) is 13.3. The largest absolute Gasteiger partial charge is 0.379 e. The minimum atomic E-state index is 0.0219. The molecular weight excluding hydrogens is 270 g/mol. The fraction of sp³-hybridized carbons (Fsp3) is 0.733. The number of aromatic nitrogens is 2. The normalized spacial score (nSPS) is 28.9. The molecule has 1 aromatic rings. The number of rotatable bonds is 1. The van der Waals surface area contributed by atoms with Crippen molar-refractivity contribution in [3.05, 3.63) is 17.5 Å². The van der Waals surface area contributed by atoms with Crippen molar-refractivity contribution < 1.29 is 14.3 Å². The number of carbonyl (C=O) groups is 1.